The summed E-state index contributed by atoms with van der Waals surface area (Å²) >= 11 is 1.70. The molecule has 0 spiro atoms. The van der Waals surface area contributed by atoms with E-state index in [4.69, 9.17) is 4.74 Å². The minimum absolute atomic E-state index is 0.00524. The number of carbonyl (C=O) groups is 1. The van der Waals surface area contributed by atoms with Crippen molar-refractivity contribution in [3.05, 3.63) is 22.4 Å². The van der Waals surface area contributed by atoms with Crippen LogP contribution in [-0.2, 0) is 11.3 Å². The van der Waals surface area contributed by atoms with Gasteiger partial charge in [-0.25, -0.2) is 4.79 Å². The summed E-state index contributed by atoms with van der Waals surface area (Å²) < 4.78 is 4.96. The Morgan fingerprint density at radius 1 is 1.39 bits per heavy atom. The molecule has 1 amide bonds. The highest BCUT2D eigenvalue weighted by Crippen LogP contribution is 2.07. The first-order valence-electron chi connectivity index (χ1n) is 7.95. The number of alkyl carbamates (subject to hydrolysis) is 1. The summed E-state index contributed by atoms with van der Waals surface area (Å²) in [7, 11) is 1.74. The van der Waals surface area contributed by atoms with Crippen molar-refractivity contribution in [2.75, 3.05) is 20.2 Å². The van der Waals surface area contributed by atoms with Crippen molar-refractivity contribution in [1.29, 1.82) is 0 Å². The van der Waals surface area contributed by atoms with E-state index >= 15 is 0 Å². The van der Waals surface area contributed by atoms with Gasteiger partial charge in [-0.3, -0.25) is 4.99 Å². The van der Waals surface area contributed by atoms with Gasteiger partial charge in [0.15, 0.2) is 5.96 Å². The van der Waals surface area contributed by atoms with E-state index in [1.807, 2.05) is 6.07 Å². The van der Waals surface area contributed by atoms with Gasteiger partial charge < -0.3 is 20.7 Å². The van der Waals surface area contributed by atoms with E-state index in [1.54, 1.807) is 25.3 Å². The van der Waals surface area contributed by atoms with E-state index in [1.165, 1.54) is 4.88 Å². The van der Waals surface area contributed by atoms with Gasteiger partial charge in [-0.1, -0.05) is 19.9 Å². The summed E-state index contributed by atoms with van der Waals surface area (Å²) in [5, 5.41) is 11.5. The minimum Gasteiger partial charge on any atom is -0.450 e. The first kappa shape index (κ1) is 19.3. The van der Waals surface area contributed by atoms with Crippen LogP contribution in [0.4, 0.5) is 4.79 Å². The van der Waals surface area contributed by atoms with E-state index in [2.05, 4.69) is 46.2 Å². The number of guanidine groups is 1. The van der Waals surface area contributed by atoms with E-state index in [0.717, 1.165) is 18.9 Å². The molecular formula is C16H28N4O2S. The van der Waals surface area contributed by atoms with Crippen LogP contribution < -0.4 is 16.0 Å². The molecule has 1 rings (SSSR count). The van der Waals surface area contributed by atoms with Crippen LogP contribution in [0.5, 0.6) is 0 Å². The van der Waals surface area contributed by atoms with Gasteiger partial charge in [-0.2, -0.15) is 0 Å². The molecule has 0 saturated heterocycles. The molecule has 0 bridgehead atoms. The Kier molecular flexibility index (Phi) is 9.12. The summed E-state index contributed by atoms with van der Waals surface area (Å²) in [5.41, 5.74) is 0. The molecule has 1 heterocycles. The summed E-state index contributed by atoms with van der Waals surface area (Å²) in [4.78, 5) is 17.1. The maximum atomic E-state index is 11.6. The smallest absolute Gasteiger partial charge is 0.407 e. The Hall–Kier alpha value is -1.76. The van der Waals surface area contributed by atoms with Crippen molar-refractivity contribution in [2.45, 2.75) is 39.8 Å². The Morgan fingerprint density at radius 3 is 2.74 bits per heavy atom. The van der Waals surface area contributed by atoms with Gasteiger partial charge in [-0.15, -0.1) is 11.3 Å². The number of nitrogens with one attached hydrogen (secondary N) is 3. The highest BCUT2D eigenvalue weighted by Gasteiger charge is 2.15. The molecule has 0 aliphatic rings. The predicted octanol–water partition coefficient (Wildman–Crippen LogP) is 2.57. The summed E-state index contributed by atoms with van der Waals surface area (Å²) in [6.45, 7) is 7.76. The van der Waals surface area contributed by atoms with Gasteiger partial charge in [-0.05, 0) is 30.7 Å². The normalized spacial score (nSPS) is 12.8. The van der Waals surface area contributed by atoms with Crippen LogP contribution in [0.15, 0.2) is 22.5 Å². The quantitative estimate of drug-likeness (QED) is 0.502. The zero-order chi connectivity index (χ0) is 17.1. The van der Waals surface area contributed by atoms with Crippen LogP contribution in [-0.4, -0.2) is 38.3 Å². The number of rotatable bonds is 8. The number of thiophene rings is 1. The van der Waals surface area contributed by atoms with E-state index in [0.29, 0.717) is 19.1 Å². The molecule has 0 aliphatic carbocycles. The standard InChI is InChI=1S/C16H28N4O2S/c1-5-22-16(21)20-13(9-12(2)3)10-18-15(17-4)19-11-14-7-6-8-23-14/h6-8,12-13H,5,9-11H2,1-4H3,(H,20,21)(H2,17,18,19). The lowest BCUT2D eigenvalue weighted by atomic mass is 10.0. The monoisotopic (exact) mass is 340 g/mol. The second-order valence-electron chi connectivity index (χ2n) is 5.58. The second-order valence-corrected chi connectivity index (χ2v) is 6.61. The zero-order valence-electron chi connectivity index (χ0n) is 14.4. The third-order valence-corrected chi connectivity index (χ3v) is 3.98. The summed E-state index contributed by atoms with van der Waals surface area (Å²) in [6, 6.07) is 4.10. The van der Waals surface area contributed by atoms with Crippen LogP contribution >= 0.6 is 11.3 Å². The van der Waals surface area contributed by atoms with Crippen LogP contribution in [0.2, 0.25) is 0 Å². The van der Waals surface area contributed by atoms with Crippen molar-refractivity contribution in [1.82, 2.24) is 16.0 Å². The third kappa shape index (κ3) is 8.44. The molecule has 0 fully saturated rings. The molecular weight excluding hydrogens is 312 g/mol. The first-order chi connectivity index (χ1) is 11.0. The lowest BCUT2D eigenvalue weighted by Gasteiger charge is -2.22. The molecule has 0 aliphatic heterocycles. The summed E-state index contributed by atoms with van der Waals surface area (Å²) in [6.07, 6.45) is 0.495. The number of nitrogens with zero attached hydrogens (tertiary/aromatic N) is 1. The molecule has 0 saturated carbocycles. The Bertz CT molecular complexity index is 474. The van der Waals surface area contributed by atoms with Crippen LogP contribution in [0.1, 0.15) is 32.1 Å². The molecule has 1 atom stereocenters. The number of ether oxygens (including phenoxy) is 1. The molecule has 7 heteroatoms. The average Bonchev–Trinajstić information content (AvgIpc) is 3.00. The largest absolute Gasteiger partial charge is 0.450 e. The molecule has 6 nitrogen and oxygen atoms in total. The first-order valence-corrected chi connectivity index (χ1v) is 8.83. The van der Waals surface area contributed by atoms with E-state index in [9.17, 15) is 4.79 Å². The zero-order valence-corrected chi connectivity index (χ0v) is 15.2. The fourth-order valence-electron chi connectivity index (χ4n) is 2.13. The summed E-state index contributed by atoms with van der Waals surface area (Å²) in [5.74, 6) is 1.20. The van der Waals surface area contributed by atoms with Gasteiger partial charge in [0.25, 0.3) is 0 Å². The van der Waals surface area contributed by atoms with Crippen LogP contribution in [0, 0.1) is 5.92 Å². The fourth-order valence-corrected chi connectivity index (χ4v) is 2.77. The lowest BCUT2D eigenvalue weighted by molar-refractivity contribution is 0.146. The molecule has 0 aromatic carbocycles. The molecule has 1 unspecified atom stereocenters. The number of hydrogen-bond donors (Lipinski definition) is 3. The van der Waals surface area contributed by atoms with Crippen molar-refractivity contribution in [3.63, 3.8) is 0 Å². The topological polar surface area (TPSA) is 74.8 Å². The second kappa shape index (κ2) is 10.9. The highest BCUT2D eigenvalue weighted by atomic mass is 32.1. The maximum absolute atomic E-state index is 11.6. The van der Waals surface area contributed by atoms with Crippen molar-refractivity contribution in [3.8, 4) is 0 Å². The minimum atomic E-state index is -0.374. The number of amides is 1. The Balaban J connectivity index is 2.44. The number of hydrogen-bond acceptors (Lipinski definition) is 4. The Morgan fingerprint density at radius 2 is 2.17 bits per heavy atom. The van der Waals surface area contributed by atoms with Gasteiger partial charge in [0.2, 0.25) is 0 Å². The van der Waals surface area contributed by atoms with Gasteiger partial charge in [0.1, 0.15) is 0 Å². The van der Waals surface area contributed by atoms with E-state index < -0.39 is 0 Å². The van der Waals surface area contributed by atoms with E-state index in [-0.39, 0.29) is 12.1 Å². The SMILES string of the molecule is CCOC(=O)NC(CNC(=NC)NCc1cccs1)CC(C)C. The molecule has 3 N–H and O–H groups in total. The maximum Gasteiger partial charge on any atom is 0.407 e. The van der Waals surface area contributed by atoms with Crippen LogP contribution in [0.25, 0.3) is 0 Å². The molecule has 1 aromatic heterocycles. The average molecular weight is 340 g/mol. The van der Waals surface area contributed by atoms with Crippen molar-refractivity contribution < 1.29 is 9.53 Å². The van der Waals surface area contributed by atoms with Crippen LogP contribution in [0.3, 0.4) is 0 Å². The van der Waals surface area contributed by atoms with Crippen molar-refractivity contribution in [2.24, 2.45) is 10.9 Å². The predicted molar refractivity (Wildman–Crippen MR) is 95.9 cm³/mol. The van der Waals surface area contributed by atoms with Gasteiger partial charge in [0, 0.05) is 24.5 Å². The molecule has 23 heavy (non-hydrogen) atoms. The van der Waals surface area contributed by atoms with Gasteiger partial charge >= 0.3 is 6.09 Å². The Labute approximate surface area is 142 Å². The van der Waals surface area contributed by atoms with Crippen molar-refractivity contribution >= 4 is 23.4 Å². The fraction of sp³-hybridized carbons (Fsp3) is 0.625. The van der Waals surface area contributed by atoms with Gasteiger partial charge in [0.05, 0.1) is 13.2 Å². The highest BCUT2D eigenvalue weighted by molar-refractivity contribution is 7.09. The number of carbonyl (C=O) groups excluding carboxylic acids is 1. The lowest BCUT2D eigenvalue weighted by Crippen LogP contribution is -2.47. The molecule has 1 aromatic rings. The molecule has 0 radical (unpaired) electrons. The number of aliphatic imine (C=N–C) groups is 1. The molecule has 130 valence electrons. The third-order valence-electron chi connectivity index (χ3n) is 3.10.